The number of hydrogen-bond donors (Lipinski definition) is 1. The van der Waals surface area contributed by atoms with Crippen LogP contribution in [-0.4, -0.2) is 30.6 Å². The summed E-state index contributed by atoms with van der Waals surface area (Å²) in [5.74, 6) is 0.908. The van der Waals surface area contributed by atoms with Gasteiger partial charge in [-0.2, -0.15) is 5.26 Å². The van der Waals surface area contributed by atoms with E-state index < -0.39 is 5.41 Å². The number of carbonyl (C=O) groups is 1. The van der Waals surface area contributed by atoms with Crippen molar-refractivity contribution in [2.45, 2.75) is 46.5 Å². The number of aromatic amines is 1. The molecule has 0 unspecified atom stereocenters. The Morgan fingerprint density at radius 1 is 1.33 bits per heavy atom. The number of ketones is 1. The van der Waals surface area contributed by atoms with Crippen molar-refractivity contribution < 1.29 is 14.3 Å². The molecule has 5 nitrogen and oxygen atoms in total. The molecule has 2 heterocycles. The molecule has 1 fully saturated rings. The number of aromatic nitrogens is 1. The Hall–Kier alpha value is -2.84. The van der Waals surface area contributed by atoms with Gasteiger partial charge in [0.2, 0.25) is 0 Å². The third-order valence-corrected chi connectivity index (χ3v) is 6.36. The summed E-state index contributed by atoms with van der Waals surface area (Å²) < 4.78 is 11.5. The molecule has 0 spiro atoms. The fourth-order valence-corrected chi connectivity index (χ4v) is 4.38. The van der Waals surface area contributed by atoms with Crippen molar-refractivity contribution in [2.75, 3.05) is 19.8 Å². The molecular weight excluding hydrogens is 376 g/mol. The molecule has 1 saturated heterocycles. The van der Waals surface area contributed by atoms with Crippen molar-refractivity contribution in [2.24, 2.45) is 5.41 Å². The van der Waals surface area contributed by atoms with Crippen molar-refractivity contribution in [3.8, 4) is 6.07 Å². The standard InChI is InChI=1S/C25H28N2O3/c1-6-17(30-14-25(5)12-29-13-25)10-19-15(2)22(28)21-18-8-7-16(11-26)9-20(18)27-23(21)24(19,3)4/h7-10,27H,6,12-14H2,1-5H3/b17-10+. The molecule has 1 aromatic heterocycles. The average molecular weight is 405 g/mol. The van der Waals surface area contributed by atoms with Crippen LogP contribution in [0.1, 0.15) is 62.7 Å². The van der Waals surface area contributed by atoms with Crippen molar-refractivity contribution in [3.05, 3.63) is 58.0 Å². The fourth-order valence-electron chi connectivity index (χ4n) is 4.38. The first kappa shape index (κ1) is 20.4. The van der Waals surface area contributed by atoms with E-state index in [2.05, 4.69) is 38.7 Å². The highest BCUT2D eigenvalue weighted by Crippen LogP contribution is 2.44. The second-order valence-corrected chi connectivity index (χ2v) is 9.30. The smallest absolute Gasteiger partial charge is 0.191 e. The van der Waals surface area contributed by atoms with Crippen LogP contribution in [0.2, 0.25) is 0 Å². The lowest BCUT2D eigenvalue weighted by atomic mass is 9.71. The number of Topliss-reactive ketones (excluding diaryl/α,β-unsaturated/α-hetero) is 1. The lowest BCUT2D eigenvalue weighted by Crippen LogP contribution is -2.43. The summed E-state index contributed by atoms with van der Waals surface area (Å²) in [4.78, 5) is 16.8. The Labute approximate surface area is 177 Å². The van der Waals surface area contributed by atoms with E-state index in [1.807, 2.05) is 25.1 Å². The van der Waals surface area contributed by atoms with E-state index >= 15 is 0 Å². The number of ether oxygens (including phenoxy) is 2. The van der Waals surface area contributed by atoms with Gasteiger partial charge < -0.3 is 14.5 Å². The number of rotatable bonds is 5. The third kappa shape index (κ3) is 3.16. The summed E-state index contributed by atoms with van der Waals surface area (Å²) in [5.41, 5.74) is 4.39. The van der Waals surface area contributed by atoms with Crippen LogP contribution in [0.15, 0.2) is 41.2 Å². The van der Waals surface area contributed by atoms with Crippen LogP contribution in [0.4, 0.5) is 0 Å². The van der Waals surface area contributed by atoms with Gasteiger partial charge in [-0.05, 0) is 30.7 Å². The Morgan fingerprint density at radius 2 is 2.07 bits per heavy atom. The maximum absolute atomic E-state index is 13.4. The maximum atomic E-state index is 13.4. The van der Waals surface area contributed by atoms with E-state index in [0.29, 0.717) is 17.7 Å². The van der Waals surface area contributed by atoms with Gasteiger partial charge in [-0.25, -0.2) is 0 Å². The average Bonchev–Trinajstić information content (AvgIpc) is 3.10. The molecule has 4 rings (SSSR count). The topological polar surface area (TPSA) is 75.1 Å². The van der Waals surface area contributed by atoms with E-state index in [1.165, 1.54) is 0 Å². The largest absolute Gasteiger partial charge is 0.497 e. The number of nitrogens with zero attached hydrogens (tertiary/aromatic N) is 1. The summed E-state index contributed by atoms with van der Waals surface area (Å²) in [6, 6.07) is 7.61. The number of hydrogen-bond acceptors (Lipinski definition) is 4. The summed E-state index contributed by atoms with van der Waals surface area (Å²) in [7, 11) is 0. The second-order valence-electron chi connectivity index (χ2n) is 9.30. The summed E-state index contributed by atoms with van der Waals surface area (Å²) in [6.45, 7) is 12.4. The highest BCUT2D eigenvalue weighted by Gasteiger charge is 2.40. The molecule has 1 N–H and O–H groups in total. The molecule has 0 atom stereocenters. The van der Waals surface area contributed by atoms with Crippen LogP contribution in [-0.2, 0) is 14.9 Å². The Balaban J connectivity index is 1.76. The number of nitriles is 1. The summed E-state index contributed by atoms with van der Waals surface area (Å²) in [6.07, 6.45) is 2.80. The second kappa shape index (κ2) is 7.14. The van der Waals surface area contributed by atoms with Crippen molar-refractivity contribution in [1.82, 2.24) is 4.98 Å². The van der Waals surface area contributed by atoms with E-state index in [1.54, 1.807) is 6.07 Å². The number of allylic oxidation sites excluding steroid dienone is 4. The van der Waals surface area contributed by atoms with Crippen LogP contribution in [0.25, 0.3) is 10.9 Å². The quantitative estimate of drug-likeness (QED) is 0.697. The normalized spacial score (nSPS) is 20.0. The molecule has 0 radical (unpaired) electrons. The van der Waals surface area contributed by atoms with E-state index in [-0.39, 0.29) is 11.2 Å². The first-order valence-corrected chi connectivity index (χ1v) is 10.4. The van der Waals surface area contributed by atoms with Gasteiger partial charge in [-0.3, -0.25) is 4.79 Å². The predicted octanol–water partition coefficient (Wildman–Crippen LogP) is 5.18. The molecule has 0 saturated carbocycles. The zero-order valence-corrected chi connectivity index (χ0v) is 18.3. The zero-order chi connectivity index (χ0) is 21.7. The van der Waals surface area contributed by atoms with Crippen molar-refractivity contribution >= 4 is 16.7 Å². The van der Waals surface area contributed by atoms with Crippen LogP contribution < -0.4 is 0 Å². The van der Waals surface area contributed by atoms with Gasteiger partial charge in [0, 0.05) is 39.4 Å². The monoisotopic (exact) mass is 404 g/mol. The number of nitrogens with one attached hydrogen (secondary N) is 1. The molecule has 1 aliphatic heterocycles. The van der Waals surface area contributed by atoms with Crippen LogP contribution >= 0.6 is 0 Å². The number of H-pyrrole nitrogens is 1. The number of fused-ring (bicyclic) bond motifs is 3. The Kier molecular flexibility index (Phi) is 4.86. The molecule has 30 heavy (non-hydrogen) atoms. The first-order valence-electron chi connectivity index (χ1n) is 10.4. The highest BCUT2D eigenvalue weighted by molar-refractivity contribution is 6.19. The number of benzene rings is 1. The molecule has 2 aliphatic rings. The lowest BCUT2D eigenvalue weighted by Gasteiger charge is -2.38. The minimum Gasteiger partial charge on any atom is -0.497 e. The molecule has 2 aromatic rings. The molecule has 1 aromatic carbocycles. The van der Waals surface area contributed by atoms with Crippen LogP contribution in [0.3, 0.4) is 0 Å². The minimum absolute atomic E-state index is 0.0290. The summed E-state index contributed by atoms with van der Waals surface area (Å²) >= 11 is 0. The van der Waals surface area contributed by atoms with Gasteiger partial charge in [-0.15, -0.1) is 0 Å². The molecule has 0 amide bonds. The summed E-state index contributed by atoms with van der Waals surface area (Å²) in [5, 5.41) is 10.1. The van der Waals surface area contributed by atoms with Crippen molar-refractivity contribution in [3.63, 3.8) is 0 Å². The van der Waals surface area contributed by atoms with Gasteiger partial charge in [0.25, 0.3) is 0 Å². The van der Waals surface area contributed by atoms with Gasteiger partial charge in [-0.1, -0.05) is 33.8 Å². The van der Waals surface area contributed by atoms with Gasteiger partial charge in [0.15, 0.2) is 5.78 Å². The Bertz CT molecular complexity index is 1140. The van der Waals surface area contributed by atoms with E-state index in [0.717, 1.165) is 53.1 Å². The van der Waals surface area contributed by atoms with Crippen molar-refractivity contribution in [1.29, 1.82) is 5.26 Å². The fraction of sp³-hybridized carbons (Fsp3) is 0.440. The highest BCUT2D eigenvalue weighted by atomic mass is 16.5. The van der Waals surface area contributed by atoms with E-state index in [9.17, 15) is 10.1 Å². The zero-order valence-electron chi connectivity index (χ0n) is 18.3. The van der Waals surface area contributed by atoms with Crippen LogP contribution in [0.5, 0.6) is 0 Å². The lowest BCUT2D eigenvalue weighted by molar-refractivity contribution is -0.130. The molecule has 156 valence electrons. The Morgan fingerprint density at radius 3 is 2.67 bits per heavy atom. The van der Waals surface area contributed by atoms with Crippen LogP contribution in [0, 0.1) is 16.7 Å². The van der Waals surface area contributed by atoms with Gasteiger partial charge in [0.05, 0.1) is 42.8 Å². The molecule has 1 aliphatic carbocycles. The maximum Gasteiger partial charge on any atom is 0.191 e. The molecule has 0 bridgehead atoms. The van der Waals surface area contributed by atoms with E-state index in [4.69, 9.17) is 9.47 Å². The molecular formula is C25H28N2O3. The van der Waals surface area contributed by atoms with Gasteiger partial charge >= 0.3 is 0 Å². The number of carbonyl (C=O) groups excluding carboxylic acids is 1. The SMILES string of the molecule is CC/C(=C\C1=C(C)C(=O)c2c([nH]c3cc(C#N)ccc23)C1(C)C)OCC1(C)COC1. The minimum atomic E-state index is -0.396. The first-order chi connectivity index (χ1) is 14.2. The third-order valence-electron chi connectivity index (χ3n) is 6.36. The predicted molar refractivity (Wildman–Crippen MR) is 116 cm³/mol. The molecule has 5 heteroatoms. The van der Waals surface area contributed by atoms with Gasteiger partial charge in [0.1, 0.15) is 0 Å².